The van der Waals surface area contributed by atoms with Crippen LogP contribution in [0.3, 0.4) is 0 Å². The van der Waals surface area contributed by atoms with Crippen molar-refractivity contribution >= 4 is 39.0 Å². The number of aryl methyl sites for hydroxylation is 2. The van der Waals surface area contributed by atoms with E-state index in [4.69, 9.17) is 13.8 Å². The quantitative estimate of drug-likeness (QED) is 0.225. The summed E-state index contributed by atoms with van der Waals surface area (Å²) in [6, 6.07) is 29.9. The van der Waals surface area contributed by atoms with Crippen molar-refractivity contribution in [3.63, 3.8) is 0 Å². The summed E-state index contributed by atoms with van der Waals surface area (Å²) in [7, 11) is 0. The van der Waals surface area contributed by atoms with Crippen LogP contribution < -0.4 is 14.5 Å². The van der Waals surface area contributed by atoms with E-state index >= 15 is 0 Å². The molecule has 0 unspecified atom stereocenters. The molecular formula is C34H31N5O. The molecule has 0 saturated heterocycles. The maximum atomic E-state index is 7.91. The van der Waals surface area contributed by atoms with Crippen LogP contribution in [-0.4, -0.2) is 27.2 Å². The van der Waals surface area contributed by atoms with Crippen molar-refractivity contribution in [3.8, 4) is 17.3 Å². The number of benzene rings is 3. The summed E-state index contributed by atoms with van der Waals surface area (Å²) in [5.41, 5.74) is 5.17. The number of anilines is 3. The van der Waals surface area contributed by atoms with E-state index in [9.17, 15) is 0 Å². The molecule has 0 fully saturated rings. The van der Waals surface area contributed by atoms with Crippen molar-refractivity contribution in [3.05, 3.63) is 108 Å². The Labute approximate surface area is 238 Å². The van der Waals surface area contributed by atoms with Gasteiger partial charge >= 0.3 is 0 Å². The number of aromatic nitrogens is 3. The molecule has 1 aliphatic heterocycles. The largest absolute Gasteiger partial charge is 0.457 e. The summed E-state index contributed by atoms with van der Waals surface area (Å²) in [6.07, 6.45) is 1.55. The predicted molar refractivity (Wildman–Crippen MR) is 163 cm³/mol. The lowest BCUT2D eigenvalue weighted by Gasteiger charge is -2.24. The molecule has 0 amide bonds. The van der Waals surface area contributed by atoms with Crippen LogP contribution in [0.1, 0.15) is 29.2 Å². The first kappa shape index (κ1) is 21.0. The third-order valence-electron chi connectivity index (χ3n) is 7.46. The monoisotopic (exact) mass is 528 g/mol. The molecule has 0 N–H and O–H groups in total. The number of hydrogen-bond donors (Lipinski definition) is 0. The fourth-order valence-corrected chi connectivity index (χ4v) is 5.55. The Morgan fingerprint density at radius 2 is 1.70 bits per heavy atom. The molecule has 0 aliphatic carbocycles. The summed E-state index contributed by atoms with van der Waals surface area (Å²) < 4.78 is 32.2. The first-order valence-electron chi connectivity index (χ1n) is 15.0. The van der Waals surface area contributed by atoms with Gasteiger partial charge in [-0.25, -0.2) is 9.97 Å². The summed E-state index contributed by atoms with van der Waals surface area (Å²) in [6.45, 7) is 4.88. The molecule has 3 aromatic carbocycles. The molecule has 0 radical (unpaired) electrons. The normalized spacial score (nSPS) is 14.4. The maximum Gasteiger partial charge on any atom is 0.158 e. The maximum absolute atomic E-state index is 7.91. The number of ether oxygens (including phenoxy) is 1. The van der Waals surface area contributed by atoms with Gasteiger partial charge in [0.25, 0.3) is 0 Å². The van der Waals surface area contributed by atoms with Gasteiger partial charge in [-0.15, -0.1) is 0 Å². The van der Waals surface area contributed by atoms with Gasteiger partial charge in [-0.05, 0) is 87.8 Å². The molecule has 6 heteroatoms. The van der Waals surface area contributed by atoms with Crippen molar-refractivity contribution in [2.75, 3.05) is 16.5 Å². The van der Waals surface area contributed by atoms with Crippen LogP contribution >= 0.6 is 0 Å². The molecule has 198 valence electrons. The van der Waals surface area contributed by atoms with Gasteiger partial charge in [0, 0.05) is 50.6 Å². The Hall–Kier alpha value is -4.84. The molecule has 3 aromatic heterocycles. The van der Waals surface area contributed by atoms with Crippen molar-refractivity contribution in [1.29, 1.82) is 0 Å². The second-order valence-electron chi connectivity index (χ2n) is 10.5. The smallest absolute Gasteiger partial charge is 0.158 e. The van der Waals surface area contributed by atoms with E-state index in [1.54, 1.807) is 18.3 Å². The zero-order valence-corrected chi connectivity index (χ0v) is 22.7. The highest BCUT2D eigenvalue weighted by molar-refractivity contribution is 6.09. The molecule has 0 saturated carbocycles. The van der Waals surface area contributed by atoms with Crippen LogP contribution in [-0.2, 0) is 0 Å². The molecule has 4 heterocycles. The Balaban J connectivity index is 1.28. The lowest BCUT2D eigenvalue weighted by molar-refractivity contribution is 0.483. The average molecular weight is 529 g/mol. The lowest BCUT2D eigenvalue weighted by atomic mass is 10.1. The lowest BCUT2D eigenvalue weighted by Crippen LogP contribution is -2.33. The fraction of sp³-hybridized carbons (Fsp3) is 0.176. The van der Waals surface area contributed by atoms with Crippen molar-refractivity contribution in [2.24, 2.45) is 0 Å². The minimum absolute atomic E-state index is 0.247. The molecule has 6 nitrogen and oxygen atoms in total. The number of para-hydroxylation sites is 1. The highest BCUT2D eigenvalue weighted by Gasteiger charge is 2.30. The minimum Gasteiger partial charge on any atom is -0.457 e. The van der Waals surface area contributed by atoms with Crippen LogP contribution in [0.5, 0.6) is 11.5 Å². The molecule has 1 aliphatic rings. The second-order valence-corrected chi connectivity index (χ2v) is 10.5. The molecule has 40 heavy (non-hydrogen) atoms. The fourth-order valence-electron chi connectivity index (χ4n) is 5.55. The van der Waals surface area contributed by atoms with Gasteiger partial charge in [0.2, 0.25) is 0 Å². The van der Waals surface area contributed by atoms with Crippen LogP contribution in [0.15, 0.2) is 97.2 Å². The highest BCUT2D eigenvalue weighted by Crippen LogP contribution is 2.41. The van der Waals surface area contributed by atoms with E-state index in [0.29, 0.717) is 30.0 Å². The summed E-state index contributed by atoms with van der Waals surface area (Å²) in [5.74, 6) is 2.87. The standard InChI is InChI=1S/C34H31N5O/c1-22(2)37-21-38(34-31(37)15-12-24(4)36-34)25-8-7-9-26(19-25)40-27-13-14-29-28-10-5-6-11-30(28)39(32(29)20-27)33-18-23(3)16-17-35-33/h5-20,22H,21H2,1-4H3/i3D3. The SMILES string of the molecule is [2H]C([2H])([2H])c1ccnc(-n2c3ccccc3c3ccc(Oc4cccc(N5CN(C(C)C)c6ccc(C)nc65)c4)cc32)c1. The van der Waals surface area contributed by atoms with Crippen LogP contribution in [0.4, 0.5) is 17.2 Å². The first-order chi connectivity index (χ1) is 20.7. The first-order valence-corrected chi connectivity index (χ1v) is 13.5. The van der Waals surface area contributed by atoms with Crippen molar-refractivity contribution in [2.45, 2.75) is 33.7 Å². The molecule has 7 rings (SSSR count). The molecule has 0 spiro atoms. The van der Waals surface area contributed by atoms with Gasteiger partial charge in [-0.3, -0.25) is 4.57 Å². The number of fused-ring (bicyclic) bond motifs is 4. The molecule has 6 aromatic rings. The number of rotatable bonds is 5. The van der Waals surface area contributed by atoms with Crippen LogP contribution in [0.25, 0.3) is 27.6 Å². The van der Waals surface area contributed by atoms with Gasteiger partial charge < -0.3 is 14.5 Å². The topological polar surface area (TPSA) is 46.4 Å². The average Bonchev–Trinajstić information content (AvgIpc) is 3.52. The van der Waals surface area contributed by atoms with E-state index in [1.165, 1.54) is 0 Å². The van der Waals surface area contributed by atoms with E-state index in [-0.39, 0.29) is 5.56 Å². The summed E-state index contributed by atoms with van der Waals surface area (Å²) in [4.78, 5) is 14.0. The van der Waals surface area contributed by atoms with Crippen LogP contribution in [0.2, 0.25) is 0 Å². The molecular weight excluding hydrogens is 494 g/mol. The van der Waals surface area contributed by atoms with Gasteiger partial charge in [-0.2, -0.15) is 0 Å². The number of pyridine rings is 2. The third-order valence-corrected chi connectivity index (χ3v) is 7.46. The van der Waals surface area contributed by atoms with Gasteiger partial charge in [-0.1, -0.05) is 24.3 Å². The van der Waals surface area contributed by atoms with Gasteiger partial charge in [0.05, 0.1) is 23.4 Å². The zero-order chi connectivity index (χ0) is 29.9. The third kappa shape index (κ3) is 4.04. The minimum atomic E-state index is -2.23. The molecule has 0 atom stereocenters. The number of hydrogen-bond acceptors (Lipinski definition) is 5. The Kier molecular flexibility index (Phi) is 4.95. The Morgan fingerprint density at radius 1 is 0.850 bits per heavy atom. The zero-order valence-electron chi connectivity index (χ0n) is 25.7. The van der Waals surface area contributed by atoms with E-state index < -0.39 is 6.85 Å². The summed E-state index contributed by atoms with van der Waals surface area (Å²) >= 11 is 0. The van der Waals surface area contributed by atoms with E-state index in [0.717, 1.165) is 44.7 Å². The van der Waals surface area contributed by atoms with Crippen molar-refractivity contribution < 1.29 is 8.85 Å². The van der Waals surface area contributed by atoms with Gasteiger partial charge in [0.1, 0.15) is 17.3 Å². The van der Waals surface area contributed by atoms with E-state index in [1.807, 2.05) is 66.1 Å². The van der Waals surface area contributed by atoms with Crippen molar-refractivity contribution in [1.82, 2.24) is 14.5 Å². The summed E-state index contributed by atoms with van der Waals surface area (Å²) in [5, 5.41) is 2.08. The Bertz CT molecular complexity index is 2000. The van der Waals surface area contributed by atoms with Gasteiger partial charge in [0.15, 0.2) is 5.82 Å². The van der Waals surface area contributed by atoms with E-state index in [2.05, 4.69) is 52.9 Å². The second kappa shape index (κ2) is 9.42. The highest BCUT2D eigenvalue weighted by atomic mass is 16.5. The van der Waals surface area contributed by atoms with Crippen LogP contribution in [0, 0.1) is 13.8 Å². The number of nitrogens with zero attached hydrogens (tertiary/aromatic N) is 5. The molecule has 0 bridgehead atoms. The predicted octanol–water partition coefficient (Wildman–Crippen LogP) is 8.31. The Morgan fingerprint density at radius 3 is 2.58 bits per heavy atom.